The van der Waals surface area contributed by atoms with Crippen molar-refractivity contribution in [2.75, 3.05) is 0 Å². The fourth-order valence-corrected chi connectivity index (χ4v) is 4.78. The van der Waals surface area contributed by atoms with Crippen molar-refractivity contribution in [1.82, 2.24) is 9.97 Å². The van der Waals surface area contributed by atoms with Crippen LogP contribution in [0.25, 0.3) is 43.6 Å². The second-order valence-electron chi connectivity index (χ2n) is 7.44. The molecule has 150 valence electrons. The van der Waals surface area contributed by atoms with Gasteiger partial charge in [-0.3, -0.25) is 14.1 Å². The van der Waals surface area contributed by atoms with Crippen molar-refractivity contribution in [2.45, 2.75) is 18.7 Å². The van der Waals surface area contributed by atoms with E-state index in [9.17, 15) is 22.6 Å². The van der Waals surface area contributed by atoms with Gasteiger partial charge in [0, 0.05) is 21.7 Å². The number of benzene rings is 3. The highest BCUT2D eigenvalue weighted by molar-refractivity contribution is 7.85. The molecule has 0 saturated carbocycles. The van der Waals surface area contributed by atoms with Crippen LogP contribution in [0.4, 0.5) is 0 Å². The van der Waals surface area contributed by atoms with Crippen molar-refractivity contribution >= 4 is 53.7 Å². The molecule has 2 heterocycles. The number of fused-ring (bicyclic) bond motifs is 4. The summed E-state index contributed by atoms with van der Waals surface area (Å²) in [6.45, 7) is 3.36. The molecular formula is C22H16N2O5S. The van der Waals surface area contributed by atoms with Crippen LogP contribution < -0.4 is 10.9 Å². The summed E-state index contributed by atoms with van der Waals surface area (Å²) in [6.07, 6.45) is 0. The van der Waals surface area contributed by atoms with Gasteiger partial charge in [-0.15, -0.1) is 0 Å². The summed E-state index contributed by atoms with van der Waals surface area (Å²) in [5, 5.41) is 1.72. The Hall–Kier alpha value is -3.49. The van der Waals surface area contributed by atoms with E-state index in [1.165, 1.54) is 12.1 Å². The van der Waals surface area contributed by atoms with Gasteiger partial charge in [0.15, 0.2) is 10.9 Å². The number of H-pyrrole nitrogens is 2. The van der Waals surface area contributed by atoms with Crippen LogP contribution in [0.1, 0.15) is 11.1 Å². The van der Waals surface area contributed by atoms with Crippen molar-refractivity contribution in [3.05, 3.63) is 74.0 Å². The molecule has 5 rings (SSSR count). The maximum absolute atomic E-state index is 13.3. The molecule has 0 fully saturated rings. The lowest BCUT2D eigenvalue weighted by Crippen LogP contribution is -2.11. The molecule has 0 saturated heterocycles. The summed E-state index contributed by atoms with van der Waals surface area (Å²) >= 11 is 0. The van der Waals surface area contributed by atoms with E-state index < -0.39 is 10.1 Å². The Labute approximate surface area is 169 Å². The van der Waals surface area contributed by atoms with E-state index in [1.807, 2.05) is 6.07 Å². The van der Waals surface area contributed by atoms with Gasteiger partial charge in [-0.2, -0.15) is 8.42 Å². The minimum Gasteiger partial charge on any atom is -0.354 e. The number of aromatic amines is 2. The van der Waals surface area contributed by atoms with Crippen LogP contribution in [0.5, 0.6) is 0 Å². The molecule has 7 nitrogen and oxygen atoms in total. The Bertz CT molecular complexity index is 1780. The standard InChI is InChI=1S/C22H16N2O5S/c1-10-7-12(30(27,28)29)8-16-18(10)22(26)14-9-17-19(11(2)20(14)24-16)21(25)13-5-3-4-6-15(13)23-17/h3-9H,1-2H3,(H,23,25)(H,24,26)(H,27,28,29). The van der Waals surface area contributed by atoms with Crippen LogP contribution in [0, 0.1) is 13.8 Å². The zero-order valence-electron chi connectivity index (χ0n) is 16.0. The largest absolute Gasteiger partial charge is 0.354 e. The van der Waals surface area contributed by atoms with Crippen molar-refractivity contribution in [1.29, 1.82) is 0 Å². The predicted molar refractivity (Wildman–Crippen MR) is 117 cm³/mol. The second-order valence-corrected chi connectivity index (χ2v) is 8.86. The minimum absolute atomic E-state index is 0.150. The number of pyridine rings is 2. The van der Waals surface area contributed by atoms with Crippen molar-refractivity contribution < 1.29 is 13.0 Å². The summed E-state index contributed by atoms with van der Waals surface area (Å²) in [7, 11) is -4.44. The number of aryl methyl sites for hydroxylation is 2. The zero-order valence-corrected chi connectivity index (χ0v) is 16.8. The fourth-order valence-electron chi connectivity index (χ4n) is 4.19. The molecular weight excluding hydrogens is 404 g/mol. The molecule has 3 aromatic carbocycles. The summed E-state index contributed by atoms with van der Waals surface area (Å²) in [6, 6.07) is 11.3. The van der Waals surface area contributed by atoms with E-state index in [0.29, 0.717) is 49.2 Å². The van der Waals surface area contributed by atoms with E-state index in [2.05, 4.69) is 9.97 Å². The highest BCUT2D eigenvalue weighted by Crippen LogP contribution is 2.27. The number of aromatic nitrogens is 2. The molecule has 0 spiro atoms. The molecule has 0 aliphatic heterocycles. The van der Waals surface area contributed by atoms with Crippen molar-refractivity contribution in [3.8, 4) is 0 Å². The third-order valence-electron chi connectivity index (χ3n) is 5.58. The monoisotopic (exact) mass is 420 g/mol. The highest BCUT2D eigenvalue weighted by Gasteiger charge is 2.18. The summed E-state index contributed by atoms with van der Waals surface area (Å²) < 4.78 is 32.6. The van der Waals surface area contributed by atoms with Gasteiger partial charge in [-0.05, 0) is 55.3 Å². The van der Waals surface area contributed by atoms with Gasteiger partial charge >= 0.3 is 0 Å². The Kier molecular flexibility index (Phi) is 3.71. The summed E-state index contributed by atoms with van der Waals surface area (Å²) in [5.74, 6) is 0. The van der Waals surface area contributed by atoms with E-state index in [1.54, 1.807) is 38.1 Å². The van der Waals surface area contributed by atoms with Gasteiger partial charge in [-0.25, -0.2) is 0 Å². The molecule has 30 heavy (non-hydrogen) atoms. The summed E-state index contributed by atoms with van der Waals surface area (Å²) in [4.78, 5) is 32.5. The third-order valence-corrected chi connectivity index (χ3v) is 6.42. The minimum atomic E-state index is -4.44. The van der Waals surface area contributed by atoms with Crippen LogP contribution in [0.15, 0.2) is 56.9 Å². The third kappa shape index (κ3) is 2.51. The Morgan fingerprint density at radius 3 is 2.20 bits per heavy atom. The lowest BCUT2D eigenvalue weighted by molar-refractivity contribution is 0.483. The molecule has 3 N–H and O–H groups in total. The first kappa shape index (κ1) is 18.5. The van der Waals surface area contributed by atoms with E-state index in [-0.39, 0.29) is 21.3 Å². The first-order valence-electron chi connectivity index (χ1n) is 9.19. The fraction of sp³-hybridized carbons (Fsp3) is 0.0909. The number of hydrogen-bond acceptors (Lipinski definition) is 4. The Balaban J connectivity index is 2.03. The first-order chi connectivity index (χ1) is 14.2. The molecule has 0 amide bonds. The van der Waals surface area contributed by atoms with Gasteiger partial charge in [0.25, 0.3) is 10.1 Å². The maximum atomic E-state index is 13.3. The zero-order chi connectivity index (χ0) is 21.4. The average molecular weight is 420 g/mol. The molecule has 5 aromatic rings. The van der Waals surface area contributed by atoms with Crippen LogP contribution in [-0.2, 0) is 10.1 Å². The van der Waals surface area contributed by atoms with Gasteiger partial charge in [0.05, 0.1) is 26.8 Å². The highest BCUT2D eigenvalue weighted by atomic mass is 32.2. The number of nitrogens with one attached hydrogen (secondary N) is 2. The molecule has 0 aliphatic rings. The second kappa shape index (κ2) is 6.01. The molecule has 0 atom stereocenters. The lowest BCUT2D eigenvalue weighted by Gasteiger charge is -2.12. The lowest BCUT2D eigenvalue weighted by atomic mass is 9.99. The molecule has 2 aromatic heterocycles. The van der Waals surface area contributed by atoms with Crippen LogP contribution in [0.2, 0.25) is 0 Å². The maximum Gasteiger partial charge on any atom is 0.294 e. The van der Waals surface area contributed by atoms with Crippen molar-refractivity contribution in [3.63, 3.8) is 0 Å². The van der Waals surface area contributed by atoms with Gasteiger partial charge in [-0.1, -0.05) is 12.1 Å². The smallest absolute Gasteiger partial charge is 0.294 e. The van der Waals surface area contributed by atoms with Gasteiger partial charge in [0.2, 0.25) is 0 Å². The first-order valence-corrected chi connectivity index (χ1v) is 10.6. The molecule has 0 aliphatic carbocycles. The average Bonchev–Trinajstić information content (AvgIpc) is 2.68. The van der Waals surface area contributed by atoms with Crippen LogP contribution >= 0.6 is 0 Å². The molecule has 8 heteroatoms. The SMILES string of the molecule is Cc1c2[nH]c3cc(S(=O)(=O)O)cc(C)c3c(=O)c2cc2[nH]c3ccccc3c(=O)c12. The predicted octanol–water partition coefficient (Wildman–Crippen LogP) is 3.54. The van der Waals surface area contributed by atoms with Gasteiger partial charge < -0.3 is 9.97 Å². The number of hydrogen-bond donors (Lipinski definition) is 3. The normalized spacial score (nSPS) is 12.4. The van der Waals surface area contributed by atoms with E-state index in [4.69, 9.17) is 0 Å². The van der Waals surface area contributed by atoms with Crippen LogP contribution in [0.3, 0.4) is 0 Å². The van der Waals surface area contributed by atoms with E-state index >= 15 is 0 Å². The molecule has 0 bridgehead atoms. The number of para-hydroxylation sites is 1. The summed E-state index contributed by atoms with van der Waals surface area (Å²) in [5.41, 5.74) is 2.55. The Morgan fingerprint density at radius 1 is 0.800 bits per heavy atom. The van der Waals surface area contributed by atoms with E-state index in [0.717, 1.165) is 0 Å². The Morgan fingerprint density at radius 2 is 1.47 bits per heavy atom. The molecule has 0 unspecified atom stereocenters. The topological polar surface area (TPSA) is 120 Å². The van der Waals surface area contributed by atoms with Crippen molar-refractivity contribution in [2.24, 2.45) is 0 Å². The molecule has 0 radical (unpaired) electrons. The van der Waals surface area contributed by atoms with Gasteiger partial charge in [0.1, 0.15) is 0 Å². The number of rotatable bonds is 1. The quantitative estimate of drug-likeness (QED) is 0.283. The van der Waals surface area contributed by atoms with Crippen LogP contribution in [-0.4, -0.2) is 22.9 Å².